The first-order valence-electron chi connectivity index (χ1n) is 4.14. The monoisotopic (exact) mass is 268 g/mol. The number of benzene rings is 1. The van der Waals surface area contributed by atoms with E-state index in [1.165, 1.54) is 16.9 Å². The van der Waals surface area contributed by atoms with Crippen LogP contribution in [-0.4, -0.2) is 4.98 Å². The van der Waals surface area contributed by atoms with Gasteiger partial charge in [-0.15, -0.1) is 11.3 Å². The zero-order chi connectivity index (χ0) is 10.1. The van der Waals surface area contributed by atoms with Crippen molar-refractivity contribution in [3.8, 4) is 11.3 Å². The van der Waals surface area contributed by atoms with E-state index in [0.29, 0.717) is 0 Å². The van der Waals surface area contributed by atoms with Crippen LogP contribution in [0.25, 0.3) is 11.3 Å². The maximum Gasteiger partial charge on any atom is 0.114 e. The zero-order valence-electron chi connectivity index (χ0n) is 7.62. The molecule has 0 atom stereocenters. The molecule has 0 spiro atoms. The summed E-state index contributed by atoms with van der Waals surface area (Å²) in [6.07, 6.45) is 0. The largest absolute Gasteiger partial charge is 0.389 e. The molecule has 0 bridgehead atoms. The molecule has 2 rings (SSSR count). The Balaban J connectivity index is 2.53. The minimum Gasteiger partial charge on any atom is -0.389 e. The first kappa shape index (κ1) is 9.68. The van der Waals surface area contributed by atoms with Crippen molar-refractivity contribution >= 4 is 32.3 Å². The molecule has 0 aliphatic rings. The molecule has 2 nitrogen and oxygen atoms in total. The van der Waals surface area contributed by atoms with Crippen LogP contribution < -0.4 is 5.73 Å². The fraction of sp³-hybridized carbons (Fsp3) is 0.100. The fourth-order valence-corrected chi connectivity index (χ4v) is 2.14. The number of anilines is 1. The molecule has 0 amide bonds. The van der Waals surface area contributed by atoms with Crippen LogP contribution in [0.1, 0.15) is 5.56 Å². The standard InChI is InChI=1S/C10H9BrN2S/c1-6-2-3-7(4-8(6)11)9-10(12)14-5-13-9/h2-5H,12H2,1H3. The molecule has 4 heteroatoms. The quantitative estimate of drug-likeness (QED) is 0.861. The molecule has 1 heterocycles. The molecule has 0 saturated carbocycles. The average molecular weight is 269 g/mol. The molecule has 72 valence electrons. The third kappa shape index (κ3) is 1.67. The number of halogens is 1. The first-order chi connectivity index (χ1) is 6.68. The number of aromatic nitrogens is 1. The summed E-state index contributed by atoms with van der Waals surface area (Å²) in [5, 5.41) is 0.765. The Hall–Kier alpha value is -0.870. The average Bonchev–Trinajstić information content (AvgIpc) is 2.57. The summed E-state index contributed by atoms with van der Waals surface area (Å²) in [7, 11) is 0. The minimum absolute atomic E-state index is 0.765. The Morgan fingerprint density at radius 1 is 1.43 bits per heavy atom. The summed E-state index contributed by atoms with van der Waals surface area (Å²) in [4.78, 5) is 4.23. The van der Waals surface area contributed by atoms with Crippen LogP contribution in [0.3, 0.4) is 0 Å². The lowest BCUT2D eigenvalue weighted by molar-refractivity contribution is 1.38. The van der Waals surface area contributed by atoms with Gasteiger partial charge >= 0.3 is 0 Å². The molecule has 1 aromatic carbocycles. The number of hydrogen-bond donors (Lipinski definition) is 1. The highest BCUT2D eigenvalue weighted by Crippen LogP contribution is 2.30. The smallest absolute Gasteiger partial charge is 0.114 e. The van der Waals surface area contributed by atoms with Crippen molar-refractivity contribution in [2.24, 2.45) is 0 Å². The minimum atomic E-state index is 0.765. The summed E-state index contributed by atoms with van der Waals surface area (Å²) < 4.78 is 1.09. The molecule has 2 aromatic rings. The lowest BCUT2D eigenvalue weighted by atomic mass is 10.1. The van der Waals surface area contributed by atoms with E-state index in [1.54, 1.807) is 5.51 Å². The second-order valence-corrected chi connectivity index (χ2v) is 4.77. The SMILES string of the molecule is Cc1ccc(-c2ncsc2N)cc1Br. The summed E-state index contributed by atoms with van der Waals surface area (Å²) in [6, 6.07) is 6.13. The van der Waals surface area contributed by atoms with Crippen LogP contribution >= 0.6 is 27.3 Å². The Bertz CT molecular complexity index is 465. The van der Waals surface area contributed by atoms with Crippen molar-refractivity contribution in [2.45, 2.75) is 6.92 Å². The molecular weight excluding hydrogens is 260 g/mol. The summed E-state index contributed by atoms with van der Waals surface area (Å²) in [5.41, 5.74) is 10.7. The highest BCUT2D eigenvalue weighted by Gasteiger charge is 2.06. The molecule has 0 aliphatic carbocycles. The topological polar surface area (TPSA) is 38.9 Å². The molecule has 2 N–H and O–H groups in total. The van der Waals surface area contributed by atoms with E-state index in [1.807, 2.05) is 12.1 Å². The fourth-order valence-electron chi connectivity index (χ4n) is 1.21. The van der Waals surface area contributed by atoms with Gasteiger partial charge in [0.25, 0.3) is 0 Å². The van der Waals surface area contributed by atoms with Crippen molar-refractivity contribution in [1.82, 2.24) is 4.98 Å². The van der Waals surface area contributed by atoms with E-state index in [4.69, 9.17) is 5.73 Å². The van der Waals surface area contributed by atoms with Crippen LogP contribution in [0.15, 0.2) is 28.2 Å². The number of thiazole rings is 1. The van der Waals surface area contributed by atoms with Crippen molar-refractivity contribution in [3.05, 3.63) is 33.7 Å². The third-order valence-electron chi connectivity index (χ3n) is 2.04. The van der Waals surface area contributed by atoms with E-state index in [9.17, 15) is 0 Å². The van der Waals surface area contributed by atoms with Gasteiger partial charge in [-0.2, -0.15) is 0 Å². The molecule has 0 unspecified atom stereocenters. The van der Waals surface area contributed by atoms with Gasteiger partial charge in [0, 0.05) is 10.0 Å². The predicted octanol–water partition coefficient (Wildman–Crippen LogP) is 3.46. The first-order valence-corrected chi connectivity index (χ1v) is 5.81. The Kier molecular flexibility index (Phi) is 2.56. The molecular formula is C10H9BrN2S. The van der Waals surface area contributed by atoms with Gasteiger partial charge in [0.1, 0.15) is 10.7 Å². The summed E-state index contributed by atoms with van der Waals surface area (Å²) >= 11 is 4.95. The van der Waals surface area contributed by atoms with Crippen molar-refractivity contribution in [3.63, 3.8) is 0 Å². The van der Waals surface area contributed by atoms with Gasteiger partial charge < -0.3 is 5.73 Å². The van der Waals surface area contributed by atoms with Gasteiger partial charge in [-0.1, -0.05) is 28.1 Å². The molecule has 1 aromatic heterocycles. The Morgan fingerprint density at radius 2 is 2.21 bits per heavy atom. The van der Waals surface area contributed by atoms with Crippen LogP contribution in [0, 0.1) is 6.92 Å². The molecule has 0 radical (unpaired) electrons. The number of hydrogen-bond acceptors (Lipinski definition) is 3. The highest BCUT2D eigenvalue weighted by atomic mass is 79.9. The van der Waals surface area contributed by atoms with Crippen molar-refractivity contribution < 1.29 is 0 Å². The highest BCUT2D eigenvalue weighted by molar-refractivity contribution is 9.10. The molecule has 0 aliphatic heterocycles. The van der Waals surface area contributed by atoms with Gasteiger partial charge in [-0.3, -0.25) is 0 Å². The van der Waals surface area contributed by atoms with Crippen LogP contribution in [0.5, 0.6) is 0 Å². The maximum absolute atomic E-state index is 5.80. The predicted molar refractivity (Wildman–Crippen MR) is 64.4 cm³/mol. The van der Waals surface area contributed by atoms with E-state index in [2.05, 4.69) is 33.9 Å². The molecule has 0 fully saturated rings. The lowest BCUT2D eigenvalue weighted by Crippen LogP contribution is -1.86. The normalized spacial score (nSPS) is 10.4. The van der Waals surface area contributed by atoms with E-state index in [-0.39, 0.29) is 0 Å². The van der Waals surface area contributed by atoms with Gasteiger partial charge in [-0.05, 0) is 18.6 Å². The second-order valence-electron chi connectivity index (χ2n) is 3.03. The van der Waals surface area contributed by atoms with Gasteiger partial charge in [-0.25, -0.2) is 4.98 Å². The van der Waals surface area contributed by atoms with E-state index in [0.717, 1.165) is 20.7 Å². The Morgan fingerprint density at radius 3 is 2.79 bits per heavy atom. The van der Waals surface area contributed by atoms with Crippen LogP contribution in [0.4, 0.5) is 5.00 Å². The van der Waals surface area contributed by atoms with Crippen molar-refractivity contribution in [2.75, 3.05) is 5.73 Å². The molecule has 0 saturated heterocycles. The zero-order valence-corrected chi connectivity index (χ0v) is 10.0. The summed E-state index contributed by atoms with van der Waals surface area (Å²) in [6.45, 7) is 2.05. The number of rotatable bonds is 1. The number of nitrogen functional groups attached to an aromatic ring is 1. The van der Waals surface area contributed by atoms with E-state index >= 15 is 0 Å². The third-order valence-corrected chi connectivity index (χ3v) is 3.55. The van der Waals surface area contributed by atoms with Gasteiger partial charge in [0.15, 0.2) is 0 Å². The number of nitrogens with two attached hydrogens (primary N) is 1. The second kappa shape index (κ2) is 3.71. The maximum atomic E-state index is 5.80. The van der Waals surface area contributed by atoms with Crippen molar-refractivity contribution in [1.29, 1.82) is 0 Å². The van der Waals surface area contributed by atoms with Crippen LogP contribution in [0.2, 0.25) is 0 Å². The van der Waals surface area contributed by atoms with Crippen LogP contribution in [-0.2, 0) is 0 Å². The number of aryl methyl sites for hydroxylation is 1. The molecule has 14 heavy (non-hydrogen) atoms. The summed E-state index contributed by atoms with van der Waals surface area (Å²) in [5.74, 6) is 0. The number of nitrogens with zero attached hydrogens (tertiary/aromatic N) is 1. The van der Waals surface area contributed by atoms with E-state index < -0.39 is 0 Å². The van der Waals surface area contributed by atoms with Gasteiger partial charge in [0.2, 0.25) is 0 Å². The lowest BCUT2D eigenvalue weighted by Gasteiger charge is -2.02. The Labute approximate surface area is 94.9 Å². The van der Waals surface area contributed by atoms with Gasteiger partial charge in [0.05, 0.1) is 5.51 Å².